The van der Waals surface area contributed by atoms with E-state index in [4.69, 9.17) is 4.74 Å². The molecule has 2 fully saturated rings. The molecule has 108 valence electrons. The molecule has 1 amide bonds. The molecular weight excluding hydrogens is 272 g/mol. The van der Waals surface area contributed by atoms with E-state index in [0.717, 1.165) is 5.75 Å². The first-order chi connectivity index (χ1) is 9.81. The van der Waals surface area contributed by atoms with E-state index in [2.05, 4.69) is 4.98 Å². The topological polar surface area (TPSA) is 42.4 Å². The highest BCUT2D eigenvalue weighted by Gasteiger charge is 2.32. The molecule has 2 aliphatic rings. The summed E-state index contributed by atoms with van der Waals surface area (Å²) in [5.41, 5.74) is 0. The van der Waals surface area contributed by atoms with Gasteiger partial charge in [0.2, 0.25) is 5.91 Å². The molecule has 2 heterocycles. The molecule has 3 rings (SSSR count). The van der Waals surface area contributed by atoms with Crippen LogP contribution in [0.5, 0.6) is 5.75 Å². The van der Waals surface area contributed by atoms with E-state index >= 15 is 0 Å². The van der Waals surface area contributed by atoms with Crippen LogP contribution < -0.4 is 4.74 Å². The van der Waals surface area contributed by atoms with Crippen LogP contribution in [-0.4, -0.2) is 46.0 Å². The standard InChI is InChI=1S/C15H20N2O2S/c18-15(11-20-14-3-1-2-4-14)17-9-13(10-17)19-12-5-7-16-8-6-12/h5-8,13-14H,1-4,9-11H2. The lowest BCUT2D eigenvalue weighted by atomic mass is 10.1. The molecule has 1 aromatic heterocycles. The fourth-order valence-electron chi connectivity index (χ4n) is 2.66. The third-order valence-electron chi connectivity index (χ3n) is 3.90. The van der Waals surface area contributed by atoms with E-state index in [0.29, 0.717) is 24.1 Å². The fourth-order valence-corrected chi connectivity index (χ4v) is 3.89. The normalized spacial score (nSPS) is 19.9. The number of amides is 1. The van der Waals surface area contributed by atoms with Crippen molar-refractivity contribution in [3.8, 4) is 5.75 Å². The summed E-state index contributed by atoms with van der Waals surface area (Å²) in [6, 6.07) is 3.70. The van der Waals surface area contributed by atoms with E-state index in [-0.39, 0.29) is 12.0 Å². The van der Waals surface area contributed by atoms with Gasteiger partial charge in [-0.1, -0.05) is 12.8 Å². The van der Waals surface area contributed by atoms with E-state index in [1.54, 1.807) is 12.4 Å². The number of aromatic nitrogens is 1. The Morgan fingerprint density at radius 1 is 1.30 bits per heavy atom. The molecule has 0 radical (unpaired) electrons. The summed E-state index contributed by atoms with van der Waals surface area (Å²) in [7, 11) is 0. The van der Waals surface area contributed by atoms with Crippen molar-refractivity contribution in [2.24, 2.45) is 0 Å². The summed E-state index contributed by atoms with van der Waals surface area (Å²) in [6.45, 7) is 1.43. The summed E-state index contributed by atoms with van der Waals surface area (Å²) in [5.74, 6) is 1.72. The Labute approximate surface area is 123 Å². The van der Waals surface area contributed by atoms with E-state index in [1.807, 2.05) is 28.8 Å². The van der Waals surface area contributed by atoms with Crippen LogP contribution in [0, 0.1) is 0 Å². The molecule has 4 nitrogen and oxygen atoms in total. The van der Waals surface area contributed by atoms with E-state index in [1.165, 1.54) is 25.7 Å². The second kappa shape index (κ2) is 6.48. The van der Waals surface area contributed by atoms with Gasteiger partial charge >= 0.3 is 0 Å². The van der Waals surface area contributed by atoms with Crippen LogP contribution in [0.3, 0.4) is 0 Å². The zero-order valence-electron chi connectivity index (χ0n) is 11.5. The second-order valence-corrected chi connectivity index (χ2v) is 6.73. The number of nitrogens with zero attached hydrogens (tertiary/aromatic N) is 2. The van der Waals surface area contributed by atoms with Crippen LogP contribution in [0.4, 0.5) is 0 Å². The Morgan fingerprint density at radius 3 is 2.70 bits per heavy atom. The van der Waals surface area contributed by atoms with Gasteiger partial charge < -0.3 is 9.64 Å². The average molecular weight is 292 g/mol. The van der Waals surface area contributed by atoms with Crippen molar-refractivity contribution in [2.45, 2.75) is 37.0 Å². The van der Waals surface area contributed by atoms with Crippen LogP contribution in [0.2, 0.25) is 0 Å². The van der Waals surface area contributed by atoms with Crippen molar-refractivity contribution >= 4 is 17.7 Å². The quantitative estimate of drug-likeness (QED) is 0.835. The van der Waals surface area contributed by atoms with Gasteiger partial charge in [0.1, 0.15) is 11.9 Å². The largest absolute Gasteiger partial charge is 0.487 e. The Balaban J connectivity index is 1.35. The van der Waals surface area contributed by atoms with Gasteiger partial charge in [-0.15, -0.1) is 11.8 Å². The van der Waals surface area contributed by atoms with Crippen molar-refractivity contribution in [2.75, 3.05) is 18.8 Å². The first kappa shape index (κ1) is 13.7. The molecule has 0 N–H and O–H groups in total. The van der Waals surface area contributed by atoms with Gasteiger partial charge in [-0.3, -0.25) is 9.78 Å². The zero-order valence-corrected chi connectivity index (χ0v) is 12.3. The number of likely N-dealkylation sites (tertiary alicyclic amines) is 1. The molecule has 0 atom stereocenters. The Bertz CT molecular complexity index is 442. The second-order valence-electron chi connectivity index (χ2n) is 5.44. The Morgan fingerprint density at radius 2 is 2.00 bits per heavy atom. The monoisotopic (exact) mass is 292 g/mol. The summed E-state index contributed by atoms with van der Waals surface area (Å²) in [5, 5.41) is 0.712. The average Bonchev–Trinajstić information content (AvgIpc) is 2.94. The number of pyridine rings is 1. The molecule has 0 bridgehead atoms. The summed E-state index contributed by atoms with van der Waals surface area (Å²) >= 11 is 1.83. The van der Waals surface area contributed by atoms with Crippen molar-refractivity contribution in [3.63, 3.8) is 0 Å². The van der Waals surface area contributed by atoms with Crippen molar-refractivity contribution < 1.29 is 9.53 Å². The number of hydrogen-bond donors (Lipinski definition) is 0. The SMILES string of the molecule is O=C(CSC1CCCC1)N1CC(Oc2ccncc2)C1. The fraction of sp³-hybridized carbons (Fsp3) is 0.600. The predicted octanol–water partition coefficient (Wildman–Crippen LogP) is 2.35. The maximum absolute atomic E-state index is 12.0. The van der Waals surface area contributed by atoms with Gasteiger partial charge in [0.25, 0.3) is 0 Å². The lowest BCUT2D eigenvalue weighted by Crippen LogP contribution is -2.56. The smallest absolute Gasteiger partial charge is 0.232 e. The lowest BCUT2D eigenvalue weighted by Gasteiger charge is -2.39. The molecular formula is C15H20N2O2S. The molecule has 1 aliphatic heterocycles. The van der Waals surface area contributed by atoms with E-state index < -0.39 is 0 Å². The van der Waals surface area contributed by atoms with Gasteiger partial charge in [-0.2, -0.15) is 0 Å². The Hall–Kier alpha value is -1.23. The minimum Gasteiger partial charge on any atom is -0.487 e. The van der Waals surface area contributed by atoms with Gasteiger partial charge in [0.15, 0.2) is 0 Å². The molecule has 1 saturated carbocycles. The van der Waals surface area contributed by atoms with Crippen LogP contribution >= 0.6 is 11.8 Å². The molecule has 0 spiro atoms. The molecule has 5 heteroatoms. The minimum absolute atomic E-state index is 0.137. The maximum Gasteiger partial charge on any atom is 0.232 e. The highest BCUT2D eigenvalue weighted by molar-refractivity contribution is 8.00. The first-order valence-corrected chi connectivity index (χ1v) is 8.32. The number of carbonyl (C=O) groups excluding carboxylic acids is 1. The predicted molar refractivity (Wildman–Crippen MR) is 79.9 cm³/mol. The number of hydrogen-bond acceptors (Lipinski definition) is 4. The Kier molecular flexibility index (Phi) is 4.45. The highest BCUT2D eigenvalue weighted by atomic mass is 32.2. The zero-order chi connectivity index (χ0) is 13.8. The van der Waals surface area contributed by atoms with Gasteiger partial charge in [0, 0.05) is 17.6 Å². The number of ether oxygens (including phenoxy) is 1. The van der Waals surface area contributed by atoms with E-state index in [9.17, 15) is 4.79 Å². The van der Waals surface area contributed by atoms with Gasteiger partial charge in [-0.05, 0) is 25.0 Å². The number of rotatable bonds is 5. The third-order valence-corrected chi connectivity index (χ3v) is 5.25. The van der Waals surface area contributed by atoms with Gasteiger partial charge in [-0.25, -0.2) is 0 Å². The lowest BCUT2D eigenvalue weighted by molar-refractivity contribution is -0.137. The van der Waals surface area contributed by atoms with Crippen LogP contribution in [0.25, 0.3) is 0 Å². The number of carbonyl (C=O) groups is 1. The van der Waals surface area contributed by atoms with Crippen LogP contribution in [0.1, 0.15) is 25.7 Å². The van der Waals surface area contributed by atoms with Crippen molar-refractivity contribution in [1.29, 1.82) is 0 Å². The van der Waals surface area contributed by atoms with Gasteiger partial charge in [0.05, 0.1) is 18.8 Å². The molecule has 0 unspecified atom stereocenters. The van der Waals surface area contributed by atoms with Crippen molar-refractivity contribution in [1.82, 2.24) is 9.88 Å². The maximum atomic E-state index is 12.0. The highest BCUT2D eigenvalue weighted by Crippen LogP contribution is 2.29. The summed E-state index contributed by atoms with van der Waals surface area (Å²) < 4.78 is 5.77. The molecule has 1 aromatic rings. The van der Waals surface area contributed by atoms with Crippen molar-refractivity contribution in [3.05, 3.63) is 24.5 Å². The van der Waals surface area contributed by atoms with Crippen LogP contribution in [-0.2, 0) is 4.79 Å². The molecule has 20 heavy (non-hydrogen) atoms. The van der Waals surface area contributed by atoms with Crippen LogP contribution in [0.15, 0.2) is 24.5 Å². The molecule has 1 aliphatic carbocycles. The molecule has 1 saturated heterocycles. The number of thioether (sulfide) groups is 1. The third kappa shape index (κ3) is 3.45. The first-order valence-electron chi connectivity index (χ1n) is 7.27. The summed E-state index contributed by atoms with van der Waals surface area (Å²) in [6.07, 6.45) is 8.80. The molecule has 0 aromatic carbocycles. The summed E-state index contributed by atoms with van der Waals surface area (Å²) in [4.78, 5) is 17.9. The minimum atomic E-state index is 0.137.